The van der Waals surface area contributed by atoms with E-state index in [0.717, 1.165) is 6.42 Å². The van der Waals surface area contributed by atoms with E-state index < -0.39 is 12.0 Å². The van der Waals surface area contributed by atoms with Crippen molar-refractivity contribution < 1.29 is 18.0 Å². The molecule has 0 spiro atoms. The van der Waals surface area contributed by atoms with Crippen LogP contribution in [0.3, 0.4) is 0 Å². The zero-order chi connectivity index (χ0) is 10.8. The summed E-state index contributed by atoms with van der Waals surface area (Å²) in [5, 5.41) is 0. The molecule has 1 aromatic rings. The van der Waals surface area contributed by atoms with Gasteiger partial charge in [0.1, 0.15) is 0 Å². The van der Waals surface area contributed by atoms with Crippen molar-refractivity contribution in [1.29, 1.82) is 0 Å². The van der Waals surface area contributed by atoms with Crippen molar-refractivity contribution in [2.75, 3.05) is 0 Å². The van der Waals surface area contributed by atoms with E-state index in [1.54, 1.807) is 4.57 Å². The van der Waals surface area contributed by atoms with Gasteiger partial charge in [-0.25, -0.2) is 0 Å². The Kier molecular flexibility index (Phi) is 2.98. The van der Waals surface area contributed by atoms with Crippen LogP contribution >= 0.6 is 0 Å². The highest BCUT2D eigenvalue weighted by Gasteiger charge is 2.39. The van der Waals surface area contributed by atoms with E-state index in [0.29, 0.717) is 6.54 Å². The van der Waals surface area contributed by atoms with Crippen molar-refractivity contribution in [3.63, 3.8) is 0 Å². The highest BCUT2D eigenvalue weighted by Crippen LogP contribution is 2.21. The van der Waals surface area contributed by atoms with Crippen molar-refractivity contribution >= 4 is 5.78 Å². The number of carbonyl (C=O) groups excluding carboxylic acids is 1. The second kappa shape index (κ2) is 3.86. The summed E-state index contributed by atoms with van der Waals surface area (Å²) in [5.74, 6) is -1.78. The number of hydrogen-bond acceptors (Lipinski definition) is 1. The number of aryl methyl sites for hydroxylation is 1. The minimum absolute atomic E-state index is 0.300. The van der Waals surface area contributed by atoms with Crippen LogP contribution in [0.1, 0.15) is 23.7 Å². The van der Waals surface area contributed by atoms with Gasteiger partial charge >= 0.3 is 6.18 Å². The minimum atomic E-state index is -4.78. The van der Waals surface area contributed by atoms with Crippen molar-refractivity contribution in [1.82, 2.24) is 4.57 Å². The first kappa shape index (κ1) is 10.8. The van der Waals surface area contributed by atoms with Gasteiger partial charge in [-0.05, 0) is 12.5 Å². The van der Waals surface area contributed by atoms with Gasteiger partial charge in [0.15, 0.2) is 0 Å². The van der Waals surface area contributed by atoms with Crippen LogP contribution in [0.4, 0.5) is 13.2 Å². The summed E-state index contributed by atoms with van der Waals surface area (Å²) in [7, 11) is 0. The van der Waals surface area contributed by atoms with Gasteiger partial charge in [-0.2, -0.15) is 13.2 Å². The normalized spacial score (nSPS) is 11.7. The fourth-order valence-electron chi connectivity index (χ4n) is 1.14. The van der Waals surface area contributed by atoms with Crippen molar-refractivity contribution in [3.05, 3.63) is 24.0 Å². The maximum atomic E-state index is 12.0. The molecule has 78 valence electrons. The maximum Gasteiger partial charge on any atom is 0.454 e. The van der Waals surface area contributed by atoms with Crippen LogP contribution in [0, 0.1) is 0 Å². The largest absolute Gasteiger partial charge is 0.454 e. The number of nitrogens with zero attached hydrogens (tertiary/aromatic N) is 1. The Hall–Kier alpha value is -1.26. The van der Waals surface area contributed by atoms with Gasteiger partial charge < -0.3 is 4.57 Å². The van der Waals surface area contributed by atoms with Gasteiger partial charge in [-0.15, -0.1) is 0 Å². The van der Waals surface area contributed by atoms with E-state index >= 15 is 0 Å². The van der Waals surface area contributed by atoms with Gasteiger partial charge in [-0.1, -0.05) is 6.92 Å². The summed E-state index contributed by atoms with van der Waals surface area (Å²) < 4.78 is 37.5. The first-order chi connectivity index (χ1) is 6.45. The summed E-state index contributed by atoms with van der Waals surface area (Å²) in [6.07, 6.45) is -1.27. The van der Waals surface area contributed by atoms with Gasteiger partial charge in [-0.3, -0.25) is 4.79 Å². The molecule has 0 saturated heterocycles. The van der Waals surface area contributed by atoms with Crippen LogP contribution in [0.5, 0.6) is 0 Å². The number of carbonyl (C=O) groups is 1. The van der Waals surface area contributed by atoms with E-state index in [4.69, 9.17) is 0 Å². The molecular weight excluding hydrogens is 195 g/mol. The zero-order valence-electron chi connectivity index (χ0n) is 7.64. The topological polar surface area (TPSA) is 22.0 Å². The molecule has 1 rings (SSSR count). The lowest BCUT2D eigenvalue weighted by Crippen LogP contribution is -2.22. The molecule has 2 nitrogen and oxygen atoms in total. The third kappa shape index (κ3) is 2.37. The molecule has 0 aromatic carbocycles. The van der Waals surface area contributed by atoms with Crippen LogP contribution < -0.4 is 0 Å². The number of alkyl halides is 3. The molecule has 0 amide bonds. The molecule has 14 heavy (non-hydrogen) atoms. The molecule has 0 unspecified atom stereocenters. The third-order valence-corrected chi connectivity index (χ3v) is 1.75. The Labute approximate surface area is 79.3 Å². The molecular formula is C9H10F3NO. The number of ketones is 1. The van der Waals surface area contributed by atoms with E-state index in [1.165, 1.54) is 18.5 Å². The monoisotopic (exact) mass is 205 g/mol. The standard InChI is InChI=1S/C9H10F3NO/c1-2-4-13-5-3-7(6-13)8(14)9(10,11)12/h3,5-6H,2,4H2,1H3. The van der Waals surface area contributed by atoms with Crippen LogP contribution in [-0.2, 0) is 6.54 Å². The second-order valence-corrected chi connectivity index (χ2v) is 2.96. The first-order valence-corrected chi connectivity index (χ1v) is 4.22. The van der Waals surface area contributed by atoms with Crippen molar-refractivity contribution in [3.8, 4) is 0 Å². The smallest absolute Gasteiger partial charge is 0.354 e. The Balaban J connectivity index is 2.82. The van der Waals surface area contributed by atoms with Crippen molar-refractivity contribution in [2.45, 2.75) is 26.1 Å². The second-order valence-electron chi connectivity index (χ2n) is 2.96. The highest BCUT2D eigenvalue weighted by atomic mass is 19.4. The molecule has 0 fully saturated rings. The lowest BCUT2D eigenvalue weighted by atomic mass is 10.2. The number of aromatic nitrogens is 1. The predicted molar refractivity (Wildman–Crippen MR) is 45.1 cm³/mol. The predicted octanol–water partition coefficient (Wildman–Crippen LogP) is 2.64. The van der Waals surface area contributed by atoms with E-state index in [-0.39, 0.29) is 5.56 Å². The Morgan fingerprint density at radius 2 is 2.14 bits per heavy atom. The Morgan fingerprint density at radius 3 is 2.64 bits per heavy atom. The fourth-order valence-corrected chi connectivity index (χ4v) is 1.14. The molecule has 0 aliphatic rings. The molecule has 0 aliphatic carbocycles. The van der Waals surface area contributed by atoms with Crippen LogP contribution in [0.25, 0.3) is 0 Å². The third-order valence-electron chi connectivity index (χ3n) is 1.75. The average molecular weight is 205 g/mol. The molecule has 1 aromatic heterocycles. The quantitative estimate of drug-likeness (QED) is 0.695. The van der Waals surface area contributed by atoms with Crippen LogP contribution in [-0.4, -0.2) is 16.5 Å². The maximum absolute atomic E-state index is 12.0. The van der Waals surface area contributed by atoms with Crippen molar-refractivity contribution in [2.24, 2.45) is 0 Å². The Bertz CT molecular complexity index is 327. The molecule has 0 saturated carbocycles. The molecule has 0 radical (unpaired) electrons. The first-order valence-electron chi connectivity index (χ1n) is 4.22. The van der Waals surface area contributed by atoms with Gasteiger partial charge in [0.2, 0.25) is 0 Å². The highest BCUT2D eigenvalue weighted by molar-refractivity contribution is 6.00. The molecule has 0 bridgehead atoms. The zero-order valence-corrected chi connectivity index (χ0v) is 7.64. The SMILES string of the molecule is CCCn1ccc(C(=O)C(F)(F)F)c1. The van der Waals surface area contributed by atoms with Gasteiger partial charge in [0.25, 0.3) is 5.78 Å². The molecule has 0 aliphatic heterocycles. The summed E-state index contributed by atoms with van der Waals surface area (Å²) in [6, 6.07) is 1.19. The van der Waals surface area contributed by atoms with Crippen LogP contribution in [0.2, 0.25) is 0 Å². The lowest BCUT2D eigenvalue weighted by molar-refractivity contribution is -0.0885. The van der Waals surface area contributed by atoms with Gasteiger partial charge in [0.05, 0.1) is 0 Å². The average Bonchev–Trinajstić information content (AvgIpc) is 2.50. The number of rotatable bonds is 3. The molecule has 5 heteroatoms. The van der Waals surface area contributed by atoms with E-state index in [1.807, 2.05) is 6.92 Å². The Morgan fingerprint density at radius 1 is 1.50 bits per heavy atom. The van der Waals surface area contributed by atoms with Gasteiger partial charge in [0, 0.05) is 24.5 Å². The summed E-state index contributed by atoms with van der Waals surface area (Å²) >= 11 is 0. The molecule has 0 atom stereocenters. The molecule has 0 N–H and O–H groups in total. The summed E-state index contributed by atoms with van der Waals surface area (Å²) in [5.41, 5.74) is -0.300. The minimum Gasteiger partial charge on any atom is -0.354 e. The van der Waals surface area contributed by atoms with Crippen LogP contribution in [0.15, 0.2) is 18.5 Å². The van der Waals surface area contributed by atoms with E-state index in [9.17, 15) is 18.0 Å². The van der Waals surface area contributed by atoms with E-state index in [2.05, 4.69) is 0 Å². The summed E-state index contributed by atoms with van der Waals surface area (Å²) in [6.45, 7) is 2.52. The summed E-state index contributed by atoms with van der Waals surface area (Å²) in [4.78, 5) is 10.7. The number of Topliss-reactive ketones (excluding diaryl/α,β-unsaturated/α-hetero) is 1. The molecule has 1 heterocycles. The fraction of sp³-hybridized carbons (Fsp3) is 0.444. The lowest BCUT2D eigenvalue weighted by Gasteiger charge is -2.02. The number of hydrogen-bond donors (Lipinski definition) is 0. The number of halogens is 3.